The second-order valence-electron chi connectivity index (χ2n) is 8.55. The highest BCUT2D eigenvalue weighted by Gasteiger charge is 2.37. The Bertz CT molecular complexity index is 1050. The maximum absolute atomic E-state index is 13.1. The van der Waals surface area contributed by atoms with Gasteiger partial charge in [0, 0.05) is 12.4 Å². The summed E-state index contributed by atoms with van der Waals surface area (Å²) in [5.41, 5.74) is -1.08. The lowest BCUT2D eigenvalue weighted by Crippen LogP contribution is -2.52. The summed E-state index contributed by atoms with van der Waals surface area (Å²) in [5.74, 6) is 0.246. The van der Waals surface area contributed by atoms with Gasteiger partial charge in [-0.3, -0.25) is 14.7 Å². The van der Waals surface area contributed by atoms with Crippen molar-refractivity contribution in [3.8, 4) is 0 Å². The van der Waals surface area contributed by atoms with E-state index in [0.29, 0.717) is 17.8 Å². The molecule has 3 amide bonds. The van der Waals surface area contributed by atoms with E-state index in [1.165, 1.54) is 13.8 Å². The predicted molar refractivity (Wildman–Crippen MR) is 109 cm³/mol. The summed E-state index contributed by atoms with van der Waals surface area (Å²) < 4.78 is 38.6. The van der Waals surface area contributed by atoms with E-state index in [9.17, 15) is 27.9 Å². The fraction of sp³-hybridized carbons (Fsp3) is 0.429. The molecule has 2 aliphatic rings. The number of nitrogens with one attached hydrogen (secondary N) is 2. The average Bonchev–Trinajstić information content (AvgIpc) is 3.54. The lowest BCUT2D eigenvalue weighted by atomic mass is 9.95. The van der Waals surface area contributed by atoms with Crippen molar-refractivity contribution in [2.24, 2.45) is 0 Å². The summed E-state index contributed by atoms with van der Waals surface area (Å²) in [6.45, 7) is 2.50. The number of urea groups is 1. The van der Waals surface area contributed by atoms with E-state index in [1.807, 2.05) is 0 Å². The molecule has 170 valence electrons. The van der Waals surface area contributed by atoms with E-state index in [2.05, 4.69) is 20.6 Å². The van der Waals surface area contributed by atoms with E-state index in [1.54, 1.807) is 12.3 Å². The minimum absolute atomic E-state index is 0.0394. The summed E-state index contributed by atoms with van der Waals surface area (Å²) >= 11 is 0. The van der Waals surface area contributed by atoms with Gasteiger partial charge >= 0.3 is 12.2 Å². The van der Waals surface area contributed by atoms with Gasteiger partial charge in [-0.05, 0) is 56.4 Å². The third-order valence-corrected chi connectivity index (χ3v) is 5.40. The molecule has 4 rings (SSSR count). The predicted octanol–water partition coefficient (Wildman–Crippen LogP) is 3.35. The normalized spacial score (nSPS) is 17.4. The molecule has 3 N–H and O–H groups in total. The van der Waals surface area contributed by atoms with Gasteiger partial charge in [0.05, 0.1) is 22.5 Å². The van der Waals surface area contributed by atoms with Crippen molar-refractivity contribution in [3.63, 3.8) is 0 Å². The van der Waals surface area contributed by atoms with Gasteiger partial charge < -0.3 is 15.7 Å². The molecular formula is C21H22F3N5O3. The zero-order valence-electron chi connectivity index (χ0n) is 17.4. The van der Waals surface area contributed by atoms with Crippen LogP contribution in [0.25, 0.3) is 0 Å². The number of alkyl halides is 3. The quantitative estimate of drug-likeness (QED) is 0.664. The molecule has 0 aromatic carbocycles. The molecule has 0 spiro atoms. The number of halogens is 3. The van der Waals surface area contributed by atoms with Crippen LogP contribution in [0.2, 0.25) is 0 Å². The van der Waals surface area contributed by atoms with Crippen molar-refractivity contribution in [2.45, 2.75) is 50.4 Å². The Labute approximate surface area is 181 Å². The Morgan fingerprint density at radius 1 is 1.25 bits per heavy atom. The van der Waals surface area contributed by atoms with Gasteiger partial charge in [-0.15, -0.1) is 0 Å². The molecule has 2 aromatic rings. The van der Waals surface area contributed by atoms with E-state index in [-0.39, 0.29) is 18.1 Å². The fourth-order valence-electron chi connectivity index (χ4n) is 3.55. The number of aromatic nitrogens is 2. The topological polar surface area (TPSA) is 107 Å². The van der Waals surface area contributed by atoms with Gasteiger partial charge in [0.15, 0.2) is 5.82 Å². The van der Waals surface area contributed by atoms with Crippen molar-refractivity contribution >= 4 is 23.4 Å². The minimum atomic E-state index is -4.56. The van der Waals surface area contributed by atoms with Crippen LogP contribution < -0.4 is 15.5 Å². The number of amides is 3. The Kier molecular flexibility index (Phi) is 5.32. The summed E-state index contributed by atoms with van der Waals surface area (Å²) in [4.78, 5) is 34.5. The van der Waals surface area contributed by atoms with Gasteiger partial charge in [0.2, 0.25) is 5.91 Å². The highest BCUT2D eigenvalue weighted by atomic mass is 19.4. The zero-order valence-corrected chi connectivity index (χ0v) is 17.4. The van der Waals surface area contributed by atoms with Crippen LogP contribution in [0.5, 0.6) is 0 Å². The van der Waals surface area contributed by atoms with E-state index >= 15 is 0 Å². The fourth-order valence-corrected chi connectivity index (χ4v) is 3.55. The van der Waals surface area contributed by atoms with Crippen LogP contribution in [-0.2, 0) is 11.0 Å². The molecule has 1 unspecified atom stereocenters. The number of anilines is 2. The minimum Gasteiger partial charge on any atom is -0.388 e. The molecule has 32 heavy (non-hydrogen) atoms. The second-order valence-corrected chi connectivity index (χ2v) is 8.55. The average molecular weight is 449 g/mol. The molecule has 0 bridgehead atoms. The lowest BCUT2D eigenvalue weighted by molar-refractivity contribution is -0.137. The maximum Gasteiger partial charge on any atom is 0.417 e. The number of hydrogen-bond acceptors (Lipinski definition) is 5. The SMILES string of the molecule is CC(C)(O)C(NC(=O)N1CC(=O)Nc2cc(C3CC3)cnc21)c1ccc(C(F)(F)F)cn1. The number of hydrogen-bond donors (Lipinski definition) is 3. The first-order valence-corrected chi connectivity index (χ1v) is 10.1. The molecule has 1 saturated carbocycles. The van der Waals surface area contributed by atoms with Gasteiger partial charge in [-0.1, -0.05) is 0 Å². The van der Waals surface area contributed by atoms with Crippen molar-refractivity contribution in [1.29, 1.82) is 0 Å². The number of rotatable bonds is 4. The van der Waals surface area contributed by atoms with Crippen LogP contribution in [-0.4, -0.2) is 39.2 Å². The Balaban J connectivity index is 1.60. The van der Waals surface area contributed by atoms with Gasteiger partial charge in [-0.2, -0.15) is 13.2 Å². The van der Waals surface area contributed by atoms with E-state index < -0.39 is 35.3 Å². The molecule has 8 nitrogen and oxygen atoms in total. The van der Waals surface area contributed by atoms with Crippen LogP contribution in [0.1, 0.15) is 55.5 Å². The van der Waals surface area contributed by atoms with Crippen molar-refractivity contribution in [1.82, 2.24) is 15.3 Å². The van der Waals surface area contributed by atoms with E-state index in [4.69, 9.17) is 0 Å². The highest BCUT2D eigenvalue weighted by Crippen LogP contribution is 2.42. The Morgan fingerprint density at radius 3 is 2.53 bits per heavy atom. The first-order valence-electron chi connectivity index (χ1n) is 10.1. The molecule has 1 fully saturated rings. The first-order chi connectivity index (χ1) is 14.9. The summed E-state index contributed by atoms with van der Waals surface area (Å²) in [7, 11) is 0. The number of aliphatic hydroxyl groups is 1. The maximum atomic E-state index is 13.1. The molecule has 1 aliphatic heterocycles. The lowest BCUT2D eigenvalue weighted by Gasteiger charge is -2.34. The van der Waals surface area contributed by atoms with Gasteiger partial charge in [0.1, 0.15) is 12.6 Å². The van der Waals surface area contributed by atoms with Crippen molar-refractivity contribution in [3.05, 3.63) is 47.4 Å². The van der Waals surface area contributed by atoms with Crippen molar-refractivity contribution in [2.75, 3.05) is 16.8 Å². The van der Waals surface area contributed by atoms with Crippen LogP contribution in [0, 0.1) is 0 Å². The Morgan fingerprint density at radius 2 is 1.97 bits per heavy atom. The molecule has 2 aromatic heterocycles. The molecule has 11 heteroatoms. The van der Waals surface area contributed by atoms with Crippen LogP contribution in [0.3, 0.4) is 0 Å². The molecule has 0 saturated heterocycles. The zero-order chi connectivity index (χ0) is 23.3. The molecule has 3 heterocycles. The standard InChI is InChI=1S/C21H22F3N5O3/c1-20(2,32)17(14-6-5-13(9-25-14)21(22,23)24)28-19(31)29-10-16(30)27-15-7-12(11-3-4-11)8-26-18(15)29/h5-9,11,17,32H,3-4,10H2,1-2H3,(H,27,30)(H,28,31). The smallest absolute Gasteiger partial charge is 0.388 e. The number of fused-ring (bicyclic) bond motifs is 1. The summed E-state index contributed by atoms with van der Waals surface area (Å²) in [6.07, 6.45) is -0.156. The van der Waals surface area contributed by atoms with Crippen molar-refractivity contribution < 1.29 is 27.9 Å². The number of pyridine rings is 2. The third kappa shape index (κ3) is 4.52. The Hall–Kier alpha value is -3.21. The van der Waals surface area contributed by atoms with Gasteiger partial charge in [0.25, 0.3) is 0 Å². The highest BCUT2D eigenvalue weighted by molar-refractivity contribution is 6.08. The van der Waals surface area contributed by atoms with Crippen LogP contribution in [0.15, 0.2) is 30.6 Å². The summed E-state index contributed by atoms with van der Waals surface area (Å²) in [5, 5.41) is 15.9. The summed E-state index contributed by atoms with van der Waals surface area (Å²) in [6, 6.07) is 1.85. The van der Waals surface area contributed by atoms with Gasteiger partial charge in [-0.25, -0.2) is 9.78 Å². The molecular weight excluding hydrogens is 427 g/mol. The number of carbonyl (C=O) groups excluding carboxylic acids is 2. The third-order valence-electron chi connectivity index (χ3n) is 5.40. The van der Waals surface area contributed by atoms with Crippen LogP contribution in [0.4, 0.5) is 29.5 Å². The number of nitrogens with zero attached hydrogens (tertiary/aromatic N) is 3. The monoisotopic (exact) mass is 449 g/mol. The molecule has 1 atom stereocenters. The second kappa shape index (κ2) is 7.73. The van der Waals surface area contributed by atoms with E-state index in [0.717, 1.165) is 35.4 Å². The molecule has 0 radical (unpaired) electrons. The molecule has 1 aliphatic carbocycles. The number of carbonyl (C=O) groups is 2. The largest absolute Gasteiger partial charge is 0.417 e. The first kappa shape index (κ1) is 22.0. The van der Waals surface area contributed by atoms with Crippen LogP contribution >= 0.6 is 0 Å².